The number of benzene rings is 1. The summed E-state index contributed by atoms with van der Waals surface area (Å²) in [5.74, 6) is 0.546. The van der Waals surface area contributed by atoms with E-state index in [1.54, 1.807) is 6.07 Å². The lowest BCUT2D eigenvalue weighted by molar-refractivity contribution is -0.136. The van der Waals surface area contributed by atoms with Gasteiger partial charge in [0.2, 0.25) is 0 Å². The van der Waals surface area contributed by atoms with Crippen molar-refractivity contribution in [1.29, 1.82) is 0 Å². The smallest absolute Gasteiger partial charge is 0.398 e. The average Bonchev–Trinajstić information content (AvgIpc) is 2.40. The van der Waals surface area contributed by atoms with Crippen molar-refractivity contribution in [3.63, 3.8) is 0 Å². The maximum absolute atomic E-state index is 12.8. The zero-order chi connectivity index (χ0) is 14.8. The van der Waals surface area contributed by atoms with E-state index in [1.807, 2.05) is 0 Å². The monoisotopic (exact) mass is 287 g/mol. The molecule has 0 radical (unpaired) electrons. The molecule has 1 aromatic carbocycles. The van der Waals surface area contributed by atoms with E-state index >= 15 is 0 Å². The van der Waals surface area contributed by atoms with Crippen LogP contribution < -0.4 is 16.8 Å². The number of nitrogens with two attached hydrogens (primary N) is 2. The Morgan fingerprint density at radius 3 is 2.35 bits per heavy atom. The molecule has 1 fully saturated rings. The molecule has 6 heteroatoms. The minimum absolute atomic E-state index is 0.211. The summed E-state index contributed by atoms with van der Waals surface area (Å²) in [7, 11) is 0. The van der Waals surface area contributed by atoms with E-state index in [9.17, 15) is 13.2 Å². The van der Waals surface area contributed by atoms with Gasteiger partial charge in [-0.1, -0.05) is 0 Å². The molecular weight excluding hydrogens is 267 g/mol. The predicted octanol–water partition coefficient (Wildman–Crippen LogP) is 3.22. The van der Waals surface area contributed by atoms with Crippen molar-refractivity contribution in [2.45, 2.75) is 37.9 Å². The SMILES string of the molecule is NCC1CCC(Nc2ccc(N)c(C(F)(F)F)c2)CC1. The van der Waals surface area contributed by atoms with Crippen molar-refractivity contribution in [2.24, 2.45) is 11.7 Å². The Kier molecular flexibility index (Phi) is 4.42. The summed E-state index contributed by atoms with van der Waals surface area (Å²) in [4.78, 5) is 0. The summed E-state index contributed by atoms with van der Waals surface area (Å²) >= 11 is 0. The van der Waals surface area contributed by atoms with Gasteiger partial charge in [0.15, 0.2) is 0 Å². The lowest BCUT2D eigenvalue weighted by Crippen LogP contribution is -2.29. The van der Waals surface area contributed by atoms with Gasteiger partial charge in [-0.2, -0.15) is 13.2 Å². The molecule has 1 aliphatic rings. The first-order valence-corrected chi connectivity index (χ1v) is 6.83. The molecular formula is C14H20F3N3. The Morgan fingerprint density at radius 1 is 1.15 bits per heavy atom. The third kappa shape index (κ3) is 3.56. The minimum atomic E-state index is -4.42. The van der Waals surface area contributed by atoms with Gasteiger partial charge < -0.3 is 16.8 Å². The van der Waals surface area contributed by atoms with E-state index in [2.05, 4.69) is 5.32 Å². The minimum Gasteiger partial charge on any atom is -0.398 e. The Labute approximate surface area is 116 Å². The first-order chi connectivity index (χ1) is 9.40. The van der Waals surface area contributed by atoms with Crippen LogP contribution >= 0.6 is 0 Å². The molecule has 1 aliphatic carbocycles. The summed E-state index contributed by atoms with van der Waals surface area (Å²) in [6.07, 6.45) is -0.495. The van der Waals surface area contributed by atoms with Crippen LogP contribution in [-0.2, 0) is 6.18 Å². The maximum atomic E-state index is 12.8. The van der Waals surface area contributed by atoms with Crippen molar-refractivity contribution in [2.75, 3.05) is 17.6 Å². The number of hydrogen-bond donors (Lipinski definition) is 3. The molecule has 112 valence electrons. The molecule has 2 rings (SSSR count). The van der Waals surface area contributed by atoms with Gasteiger partial charge in [-0.05, 0) is 56.3 Å². The van der Waals surface area contributed by atoms with Crippen molar-refractivity contribution in [1.82, 2.24) is 0 Å². The topological polar surface area (TPSA) is 64.1 Å². The zero-order valence-corrected chi connectivity index (χ0v) is 11.2. The normalized spacial score (nSPS) is 23.6. The fourth-order valence-electron chi connectivity index (χ4n) is 2.67. The van der Waals surface area contributed by atoms with Gasteiger partial charge >= 0.3 is 6.18 Å². The molecule has 0 atom stereocenters. The van der Waals surface area contributed by atoms with Crippen LogP contribution in [0.4, 0.5) is 24.5 Å². The highest BCUT2D eigenvalue weighted by atomic mass is 19.4. The van der Waals surface area contributed by atoms with Crippen molar-refractivity contribution < 1.29 is 13.2 Å². The zero-order valence-electron chi connectivity index (χ0n) is 11.2. The van der Waals surface area contributed by atoms with Gasteiger partial charge in [0.25, 0.3) is 0 Å². The van der Waals surface area contributed by atoms with Crippen LogP contribution in [0.5, 0.6) is 0 Å². The molecule has 0 heterocycles. The lowest BCUT2D eigenvalue weighted by atomic mass is 9.86. The second kappa shape index (κ2) is 5.91. The van der Waals surface area contributed by atoms with Crippen molar-refractivity contribution in [3.05, 3.63) is 23.8 Å². The molecule has 0 bridgehead atoms. The fourth-order valence-corrected chi connectivity index (χ4v) is 2.67. The van der Waals surface area contributed by atoms with Crippen LogP contribution in [0.1, 0.15) is 31.2 Å². The highest BCUT2D eigenvalue weighted by Crippen LogP contribution is 2.35. The summed E-state index contributed by atoms with van der Waals surface area (Å²) in [6.45, 7) is 0.687. The highest BCUT2D eigenvalue weighted by Gasteiger charge is 2.33. The van der Waals surface area contributed by atoms with Crippen LogP contribution in [0.3, 0.4) is 0 Å². The third-order valence-corrected chi connectivity index (χ3v) is 3.91. The highest BCUT2D eigenvalue weighted by molar-refractivity contribution is 5.58. The Balaban J connectivity index is 2.04. The van der Waals surface area contributed by atoms with E-state index in [0.717, 1.165) is 31.7 Å². The molecule has 3 nitrogen and oxygen atoms in total. The van der Waals surface area contributed by atoms with Gasteiger partial charge in [-0.3, -0.25) is 0 Å². The summed E-state index contributed by atoms with van der Waals surface area (Å²) in [6, 6.07) is 4.20. The molecule has 1 aromatic rings. The Bertz CT molecular complexity index is 451. The van der Waals surface area contributed by atoms with Crippen LogP contribution in [0.25, 0.3) is 0 Å². The van der Waals surface area contributed by atoms with Gasteiger partial charge in [0.1, 0.15) is 0 Å². The molecule has 0 spiro atoms. The standard InChI is InChI=1S/C14H20F3N3/c15-14(16,17)12-7-11(5-6-13(12)19)20-10-3-1-9(8-18)2-4-10/h5-7,9-10,20H,1-4,8,18-19H2. The Morgan fingerprint density at radius 2 is 1.80 bits per heavy atom. The molecule has 0 aliphatic heterocycles. The number of nitrogens with one attached hydrogen (secondary N) is 1. The summed E-state index contributed by atoms with van der Waals surface area (Å²) in [5, 5.41) is 3.17. The summed E-state index contributed by atoms with van der Waals surface area (Å²) in [5.41, 5.74) is 10.5. The van der Waals surface area contributed by atoms with E-state index in [0.29, 0.717) is 18.2 Å². The van der Waals surface area contributed by atoms with Crippen LogP contribution in [-0.4, -0.2) is 12.6 Å². The number of alkyl halides is 3. The molecule has 0 unspecified atom stereocenters. The molecule has 5 N–H and O–H groups in total. The van der Waals surface area contributed by atoms with Gasteiger partial charge in [-0.25, -0.2) is 0 Å². The van der Waals surface area contributed by atoms with E-state index in [4.69, 9.17) is 11.5 Å². The molecule has 0 amide bonds. The lowest BCUT2D eigenvalue weighted by Gasteiger charge is -2.29. The molecule has 0 aromatic heterocycles. The predicted molar refractivity (Wildman–Crippen MR) is 74.3 cm³/mol. The molecule has 20 heavy (non-hydrogen) atoms. The number of halogens is 3. The first-order valence-electron chi connectivity index (χ1n) is 6.83. The number of anilines is 2. The van der Waals surface area contributed by atoms with Gasteiger partial charge in [0.05, 0.1) is 5.56 Å². The van der Waals surface area contributed by atoms with E-state index in [1.165, 1.54) is 6.07 Å². The fraction of sp³-hybridized carbons (Fsp3) is 0.571. The van der Waals surface area contributed by atoms with Crippen molar-refractivity contribution >= 4 is 11.4 Å². The number of hydrogen-bond acceptors (Lipinski definition) is 3. The van der Waals surface area contributed by atoms with Crippen molar-refractivity contribution in [3.8, 4) is 0 Å². The maximum Gasteiger partial charge on any atom is 0.418 e. The second-order valence-corrected chi connectivity index (χ2v) is 5.40. The average molecular weight is 287 g/mol. The first kappa shape index (κ1) is 15.0. The largest absolute Gasteiger partial charge is 0.418 e. The van der Waals surface area contributed by atoms with Gasteiger partial charge in [0, 0.05) is 17.4 Å². The second-order valence-electron chi connectivity index (χ2n) is 5.40. The van der Waals surface area contributed by atoms with E-state index in [-0.39, 0.29) is 11.7 Å². The Hall–Kier alpha value is -1.43. The molecule has 0 saturated heterocycles. The third-order valence-electron chi connectivity index (χ3n) is 3.91. The summed E-state index contributed by atoms with van der Waals surface area (Å²) < 4.78 is 38.3. The van der Waals surface area contributed by atoms with Crippen LogP contribution in [0.2, 0.25) is 0 Å². The molecule has 1 saturated carbocycles. The van der Waals surface area contributed by atoms with Gasteiger partial charge in [-0.15, -0.1) is 0 Å². The quantitative estimate of drug-likeness (QED) is 0.748. The number of rotatable bonds is 3. The van der Waals surface area contributed by atoms with Crippen LogP contribution in [0, 0.1) is 5.92 Å². The number of nitrogen functional groups attached to an aromatic ring is 1. The van der Waals surface area contributed by atoms with Crippen LogP contribution in [0.15, 0.2) is 18.2 Å². The van der Waals surface area contributed by atoms with E-state index < -0.39 is 11.7 Å².